The van der Waals surface area contributed by atoms with Crippen molar-refractivity contribution in [3.63, 3.8) is 0 Å². The summed E-state index contributed by atoms with van der Waals surface area (Å²) in [5.74, 6) is -0.0214. The van der Waals surface area contributed by atoms with Crippen molar-refractivity contribution in [3.05, 3.63) is 66.5 Å². The number of methoxy groups -OCH3 is 1. The first-order valence-corrected chi connectivity index (χ1v) is 8.50. The molecule has 0 saturated heterocycles. The van der Waals surface area contributed by atoms with E-state index in [9.17, 15) is 9.18 Å². The molecule has 1 amide bonds. The van der Waals surface area contributed by atoms with Crippen LogP contribution in [0.15, 0.2) is 55.1 Å². The molecule has 4 rings (SSSR count). The molecule has 3 aromatic rings. The summed E-state index contributed by atoms with van der Waals surface area (Å²) in [5, 5.41) is 2.88. The van der Waals surface area contributed by atoms with Gasteiger partial charge in [-0.2, -0.15) is 0 Å². The first-order valence-electron chi connectivity index (χ1n) is 8.50. The van der Waals surface area contributed by atoms with Gasteiger partial charge in [0.15, 0.2) is 11.6 Å². The van der Waals surface area contributed by atoms with Crippen LogP contribution in [0.25, 0.3) is 11.3 Å². The van der Waals surface area contributed by atoms with Gasteiger partial charge in [-0.3, -0.25) is 9.78 Å². The Hall–Kier alpha value is -3.35. The number of carbonyl (C=O) groups excluding carboxylic acids is 1. The Bertz CT molecular complexity index is 990. The Morgan fingerprint density at radius 2 is 1.93 bits per heavy atom. The second kappa shape index (κ2) is 6.75. The number of nitrogens with zero attached hydrogens (tertiary/aromatic N) is 3. The average Bonchev–Trinajstić information content (AvgIpc) is 3.51. The van der Waals surface area contributed by atoms with Crippen molar-refractivity contribution < 1.29 is 13.9 Å². The van der Waals surface area contributed by atoms with Gasteiger partial charge < -0.3 is 10.1 Å². The highest BCUT2D eigenvalue weighted by Crippen LogP contribution is 2.48. The molecule has 2 aromatic heterocycles. The zero-order valence-corrected chi connectivity index (χ0v) is 14.6. The summed E-state index contributed by atoms with van der Waals surface area (Å²) in [6, 6.07) is 9.86. The number of hydrogen-bond donors (Lipinski definition) is 1. The van der Waals surface area contributed by atoms with Crippen molar-refractivity contribution in [3.8, 4) is 17.0 Å². The van der Waals surface area contributed by atoms with Crippen molar-refractivity contribution in [1.29, 1.82) is 0 Å². The fourth-order valence-corrected chi connectivity index (χ4v) is 3.08. The monoisotopic (exact) mass is 364 g/mol. The summed E-state index contributed by atoms with van der Waals surface area (Å²) in [6.45, 7) is 0. The predicted octanol–water partition coefficient (Wildman–Crippen LogP) is 3.36. The maximum Gasteiger partial charge on any atom is 0.236 e. The summed E-state index contributed by atoms with van der Waals surface area (Å²) < 4.78 is 18.6. The molecule has 1 fully saturated rings. The van der Waals surface area contributed by atoms with Gasteiger partial charge in [-0.15, -0.1) is 0 Å². The molecule has 2 heterocycles. The number of hydrogen-bond acceptors (Lipinski definition) is 5. The number of halogens is 1. The van der Waals surface area contributed by atoms with Crippen LogP contribution in [0.4, 0.5) is 10.2 Å². The molecule has 0 aliphatic heterocycles. The molecule has 6 nitrogen and oxygen atoms in total. The van der Waals surface area contributed by atoms with Crippen LogP contribution in [-0.4, -0.2) is 28.0 Å². The molecule has 0 atom stereocenters. The highest BCUT2D eigenvalue weighted by Gasteiger charge is 2.51. The van der Waals surface area contributed by atoms with E-state index in [1.807, 2.05) is 12.1 Å². The van der Waals surface area contributed by atoms with Gasteiger partial charge in [0.2, 0.25) is 5.91 Å². The molecule has 0 radical (unpaired) electrons. The number of pyridine rings is 1. The minimum atomic E-state index is -0.521. The molecule has 7 heteroatoms. The molecule has 1 aliphatic carbocycles. The van der Waals surface area contributed by atoms with Crippen LogP contribution >= 0.6 is 0 Å². The number of anilines is 1. The van der Waals surface area contributed by atoms with Crippen LogP contribution in [0.2, 0.25) is 0 Å². The van der Waals surface area contributed by atoms with Gasteiger partial charge in [0, 0.05) is 24.0 Å². The standard InChI is InChI=1S/C20H17FN4O2/c1-27-17-10-13(2-3-15(17)21)16-11-18(24-12-23-16)25-19(26)20(6-7-20)14-4-8-22-9-5-14/h2-5,8-12H,6-7H2,1H3,(H,23,24,25,26). The van der Waals surface area contributed by atoms with Crippen molar-refractivity contribution >= 4 is 11.7 Å². The normalized spacial score (nSPS) is 14.4. The minimum Gasteiger partial charge on any atom is -0.494 e. The molecule has 1 aromatic carbocycles. The lowest BCUT2D eigenvalue weighted by atomic mass is 9.96. The van der Waals surface area contributed by atoms with E-state index in [0.29, 0.717) is 17.1 Å². The van der Waals surface area contributed by atoms with E-state index >= 15 is 0 Å². The molecule has 0 bridgehead atoms. The largest absolute Gasteiger partial charge is 0.494 e. The maximum absolute atomic E-state index is 13.6. The van der Waals surface area contributed by atoms with Crippen LogP contribution in [0.5, 0.6) is 5.75 Å². The number of nitrogens with one attached hydrogen (secondary N) is 1. The van der Waals surface area contributed by atoms with Crippen molar-refractivity contribution in [2.24, 2.45) is 0 Å². The van der Waals surface area contributed by atoms with E-state index < -0.39 is 11.2 Å². The van der Waals surface area contributed by atoms with E-state index in [-0.39, 0.29) is 11.7 Å². The Morgan fingerprint density at radius 3 is 2.63 bits per heavy atom. The van der Waals surface area contributed by atoms with Gasteiger partial charge >= 0.3 is 0 Å². The average molecular weight is 364 g/mol. The molecule has 1 saturated carbocycles. The molecule has 0 spiro atoms. The predicted molar refractivity (Wildman–Crippen MR) is 97.8 cm³/mol. The molecule has 1 N–H and O–H groups in total. The fraction of sp³-hybridized carbons (Fsp3) is 0.200. The minimum absolute atomic E-state index is 0.102. The second-order valence-corrected chi connectivity index (χ2v) is 6.41. The molecule has 1 aliphatic rings. The quantitative estimate of drug-likeness (QED) is 0.751. The Kier molecular flexibility index (Phi) is 4.27. The molecular weight excluding hydrogens is 347 g/mol. The van der Waals surface area contributed by atoms with Gasteiger partial charge in [-0.05, 0) is 48.7 Å². The van der Waals surface area contributed by atoms with E-state index in [1.165, 1.54) is 19.5 Å². The first-order chi connectivity index (χ1) is 13.1. The van der Waals surface area contributed by atoms with E-state index in [0.717, 1.165) is 18.4 Å². The van der Waals surface area contributed by atoms with E-state index in [2.05, 4.69) is 20.3 Å². The first kappa shape index (κ1) is 17.1. The topological polar surface area (TPSA) is 77.0 Å². The van der Waals surface area contributed by atoms with Crippen LogP contribution in [0.1, 0.15) is 18.4 Å². The second-order valence-electron chi connectivity index (χ2n) is 6.41. The molecule has 27 heavy (non-hydrogen) atoms. The number of benzene rings is 1. The lowest BCUT2D eigenvalue weighted by molar-refractivity contribution is -0.118. The number of aromatic nitrogens is 3. The van der Waals surface area contributed by atoms with Crippen molar-refractivity contribution in [2.45, 2.75) is 18.3 Å². The van der Waals surface area contributed by atoms with Gasteiger partial charge in [-0.25, -0.2) is 14.4 Å². The number of amides is 1. The summed E-state index contributed by atoms with van der Waals surface area (Å²) in [4.78, 5) is 25.2. The van der Waals surface area contributed by atoms with E-state index in [4.69, 9.17) is 4.74 Å². The van der Waals surface area contributed by atoms with Gasteiger partial charge in [0.25, 0.3) is 0 Å². The molecular formula is C20H17FN4O2. The van der Waals surface area contributed by atoms with Crippen LogP contribution < -0.4 is 10.1 Å². The van der Waals surface area contributed by atoms with Gasteiger partial charge in [0.1, 0.15) is 12.1 Å². The van der Waals surface area contributed by atoms with Gasteiger partial charge in [0.05, 0.1) is 18.2 Å². The Labute approximate surface area is 155 Å². The summed E-state index contributed by atoms with van der Waals surface area (Å²) >= 11 is 0. The third kappa shape index (κ3) is 3.23. The summed E-state index contributed by atoms with van der Waals surface area (Å²) in [7, 11) is 1.40. The number of carbonyl (C=O) groups is 1. The van der Waals surface area contributed by atoms with Crippen molar-refractivity contribution in [2.75, 3.05) is 12.4 Å². The van der Waals surface area contributed by atoms with Crippen LogP contribution in [-0.2, 0) is 10.2 Å². The number of rotatable bonds is 5. The smallest absolute Gasteiger partial charge is 0.236 e. The lowest BCUT2D eigenvalue weighted by Gasteiger charge is -2.15. The Morgan fingerprint density at radius 1 is 1.15 bits per heavy atom. The zero-order valence-electron chi connectivity index (χ0n) is 14.6. The highest BCUT2D eigenvalue weighted by atomic mass is 19.1. The van der Waals surface area contributed by atoms with E-state index in [1.54, 1.807) is 30.6 Å². The SMILES string of the molecule is COc1cc(-c2cc(NC(=O)C3(c4ccncc4)CC3)ncn2)ccc1F. The zero-order chi connectivity index (χ0) is 18.9. The summed E-state index contributed by atoms with van der Waals surface area (Å²) in [6.07, 6.45) is 6.32. The summed E-state index contributed by atoms with van der Waals surface area (Å²) in [5.41, 5.74) is 1.66. The van der Waals surface area contributed by atoms with Crippen molar-refractivity contribution in [1.82, 2.24) is 15.0 Å². The molecule has 136 valence electrons. The van der Waals surface area contributed by atoms with Gasteiger partial charge in [-0.1, -0.05) is 0 Å². The Balaban J connectivity index is 1.58. The highest BCUT2D eigenvalue weighted by molar-refractivity contribution is 6.01. The lowest BCUT2D eigenvalue weighted by Crippen LogP contribution is -2.28. The van der Waals surface area contributed by atoms with Crippen LogP contribution in [0, 0.1) is 5.82 Å². The molecule has 0 unspecified atom stereocenters. The number of ether oxygens (including phenoxy) is 1. The van der Waals surface area contributed by atoms with Crippen LogP contribution in [0.3, 0.4) is 0 Å². The maximum atomic E-state index is 13.6. The third-order valence-corrected chi connectivity index (χ3v) is 4.77. The third-order valence-electron chi connectivity index (χ3n) is 4.77. The fourth-order valence-electron chi connectivity index (χ4n) is 3.08.